The van der Waals surface area contributed by atoms with E-state index in [-0.39, 0.29) is 25.1 Å². The number of halogens is 2. The Bertz CT molecular complexity index is 258. The third-order valence-electron chi connectivity index (χ3n) is 1.64. The van der Waals surface area contributed by atoms with Gasteiger partial charge in [-0.05, 0) is 18.1 Å². The lowest BCUT2D eigenvalue weighted by molar-refractivity contribution is 0.276. The van der Waals surface area contributed by atoms with Crippen molar-refractivity contribution in [2.45, 2.75) is 12.5 Å². The Morgan fingerprint density at radius 3 is 2.85 bits per heavy atom. The largest absolute Gasteiger partial charge is 0.396 e. The van der Waals surface area contributed by atoms with Crippen LogP contribution in [0.15, 0.2) is 18.5 Å². The molecular weight excluding hydrogens is 211 g/mol. The number of aliphatic hydroxyl groups excluding tert-OH is 1. The van der Waals surface area contributed by atoms with Crippen LogP contribution in [0, 0.1) is 0 Å². The van der Waals surface area contributed by atoms with Gasteiger partial charge in [0.2, 0.25) is 0 Å². The molecule has 3 N–H and O–H groups in total. The van der Waals surface area contributed by atoms with Crippen molar-refractivity contribution in [2.24, 2.45) is 5.73 Å². The fourth-order valence-corrected chi connectivity index (χ4v) is 1.24. The van der Waals surface area contributed by atoms with Crippen molar-refractivity contribution >= 4 is 24.0 Å². The number of nitrogens with two attached hydrogens (primary N) is 1. The minimum absolute atomic E-state index is 0. The zero-order chi connectivity index (χ0) is 8.97. The van der Waals surface area contributed by atoms with Crippen LogP contribution >= 0.6 is 24.0 Å². The van der Waals surface area contributed by atoms with Gasteiger partial charge in [0.15, 0.2) is 0 Å². The van der Waals surface area contributed by atoms with Crippen LogP contribution in [0.2, 0.25) is 5.02 Å². The molecule has 5 heteroatoms. The Kier molecular flexibility index (Phi) is 5.99. The first-order valence-corrected chi connectivity index (χ1v) is 4.09. The van der Waals surface area contributed by atoms with Gasteiger partial charge in [0.1, 0.15) is 0 Å². The minimum Gasteiger partial charge on any atom is -0.396 e. The fraction of sp³-hybridized carbons (Fsp3) is 0.375. The molecule has 0 amide bonds. The van der Waals surface area contributed by atoms with Gasteiger partial charge in [-0.2, -0.15) is 0 Å². The number of hydrogen-bond donors (Lipinski definition) is 2. The summed E-state index contributed by atoms with van der Waals surface area (Å²) in [5.74, 6) is 0. The summed E-state index contributed by atoms with van der Waals surface area (Å²) in [6.07, 6.45) is 3.70. The van der Waals surface area contributed by atoms with Crippen molar-refractivity contribution in [3.8, 4) is 0 Å². The molecule has 1 heterocycles. The molecule has 0 spiro atoms. The van der Waals surface area contributed by atoms with Crippen molar-refractivity contribution in [3.63, 3.8) is 0 Å². The van der Waals surface area contributed by atoms with Gasteiger partial charge in [0, 0.05) is 25.0 Å². The third kappa shape index (κ3) is 3.48. The third-order valence-corrected chi connectivity index (χ3v) is 1.96. The number of hydrogen-bond acceptors (Lipinski definition) is 3. The number of nitrogens with zero attached hydrogens (tertiary/aromatic N) is 1. The van der Waals surface area contributed by atoms with Crippen molar-refractivity contribution < 1.29 is 5.11 Å². The maximum absolute atomic E-state index is 8.65. The van der Waals surface area contributed by atoms with Gasteiger partial charge >= 0.3 is 0 Å². The fourth-order valence-electron chi connectivity index (χ4n) is 0.981. The topological polar surface area (TPSA) is 59.1 Å². The average Bonchev–Trinajstić information content (AvgIpc) is 2.05. The quantitative estimate of drug-likeness (QED) is 0.816. The number of aliphatic hydroxyl groups is 1. The molecule has 1 atom stereocenters. The first-order chi connectivity index (χ1) is 5.75. The highest BCUT2D eigenvalue weighted by Gasteiger charge is 2.08. The number of pyridine rings is 1. The van der Waals surface area contributed by atoms with E-state index < -0.39 is 0 Å². The molecule has 0 aliphatic heterocycles. The summed E-state index contributed by atoms with van der Waals surface area (Å²) in [6, 6.07) is 1.56. The standard InChI is InChI=1S/C8H11ClN2O.ClH/c9-7-5-11-3-1-6(7)8(10)2-4-12;/h1,3,5,8,12H,2,4,10H2;1H/t8-;/m1./s1. The van der Waals surface area contributed by atoms with Crippen molar-refractivity contribution in [1.82, 2.24) is 4.98 Å². The van der Waals surface area contributed by atoms with Gasteiger partial charge in [-0.1, -0.05) is 11.6 Å². The normalized spacial score (nSPS) is 11.9. The molecule has 0 saturated heterocycles. The maximum Gasteiger partial charge on any atom is 0.0637 e. The van der Waals surface area contributed by atoms with Crippen LogP contribution < -0.4 is 5.73 Å². The second kappa shape index (κ2) is 6.16. The number of rotatable bonds is 3. The van der Waals surface area contributed by atoms with E-state index in [1.807, 2.05) is 0 Å². The summed E-state index contributed by atoms with van der Waals surface area (Å²) in [7, 11) is 0. The van der Waals surface area contributed by atoms with Gasteiger partial charge in [-0.3, -0.25) is 4.98 Å². The van der Waals surface area contributed by atoms with E-state index in [9.17, 15) is 0 Å². The summed E-state index contributed by atoms with van der Waals surface area (Å²) >= 11 is 5.83. The van der Waals surface area contributed by atoms with E-state index in [1.165, 1.54) is 0 Å². The van der Waals surface area contributed by atoms with E-state index in [0.717, 1.165) is 5.56 Å². The lowest BCUT2D eigenvalue weighted by Gasteiger charge is -2.10. The van der Waals surface area contributed by atoms with E-state index in [1.54, 1.807) is 18.5 Å². The molecule has 3 nitrogen and oxygen atoms in total. The minimum atomic E-state index is -0.203. The molecule has 74 valence electrons. The Labute approximate surface area is 88.3 Å². The zero-order valence-electron chi connectivity index (χ0n) is 6.98. The highest BCUT2D eigenvalue weighted by molar-refractivity contribution is 6.31. The van der Waals surface area contributed by atoms with E-state index >= 15 is 0 Å². The van der Waals surface area contributed by atoms with Crippen LogP contribution in [0.5, 0.6) is 0 Å². The Morgan fingerprint density at radius 1 is 1.62 bits per heavy atom. The molecular formula is C8H12Cl2N2O. The second-order valence-corrected chi connectivity index (χ2v) is 2.92. The average molecular weight is 223 g/mol. The molecule has 0 saturated carbocycles. The van der Waals surface area contributed by atoms with Gasteiger partial charge in [0.05, 0.1) is 5.02 Å². The molecule has 0 unspecified atom stereocenters. The van der Waals surface area contributed by atoms with E-state index in [0.29, 0.717) is 11.4 Å². The molecule has 13 heavy (non-hydrogen) atoms. The molecule has 0 radical (unpaired) electrons. The summed E-state index contributed by atoms with van der Waals surface area (Å²) in [6.45, 7) is 0.0693. The predicted molar refractivity (Wildman–Crippen MR) is 55.1 cm³/mol. The van der Waals surface area contributed by atoms with E-state index in [4.69, 9.17) is 22.4 Å². The first kappa shape index (κ1) is 12.7. The molecule has 1 aromatic rings. The van der Waals surface area contributed by atoms with Crippen LogP contribution in [0.25, 0.3) is 0 Å². The number of aromatic nitrogens is 1. The molecule has 0 aromatic carbocycles. The Hall–Kier alpha value is -0.350. The van der Waals surface area contributed by atoms with Crippen molar-refractivity contribution in [3.05, 3.63) is 29.0 Å². The first-order valence-electron chi connectivity index (χ1n) is 3.71. The van der Waals surface area contributed by atoms with Crippen LogP contribution in [0.3, 0.4) is 0 Å². The van der Waals surface area contributed by atoms with Crippen LogP contribution in [0.4, 0.5) is 0 Å². The Morgan fingerprint density at radius 2 is 2.31 bits per heavy atom. The van der Waals surface area contributed by atoms with Crippen LogP contribution in [0.1, 0.15) is 18.0 Å². The Balaban J connectivity index is 0.00000144. The summed E-state index contributed by atoms with van der Waals surface area (Å²) < 4.78 is 0. The van der Waals surface area contributed by atoms with Gasteiger partial charge in [-0.25, -0.2) is 0 Å². The molecule has 0 aliphatic rings. The van der Waals surface area contributed by atoms with Crippen LogP contribution in [-0.4, -0.2) is 16.7 Å². The lowest BCUT2D eigenvalue weighted by atomic mass is 10.1. The molecule has 1 aromatic heterocycles. The smallest absolute Gasteiger partial charge is 0.0637 e. The molecule has 0 aliphatic carbocycles. The SMILES string of the molecule is Cl.N[C@H](CCO)c1ccncc1Cl. The maximum atomic E-state index is 8.65. The summed E-state index contributed by atoms with van der Waals surface area (Å²) in [5.41, 5.74) is 6.57. The lowest BCUT2D eigenvalue weighted by Crippen LogP contribution is -2.12. The van der Waals surface area contributed by atoms with Gasteiger partial charge in [-0.15, -0.1) is 12.4 Å². The summed E-state index contributed by atoms with van der Waals surface area (Å²) in [5, 5.41) is 9.20. The van der Waals surface area contributed by atoms with Crippen molar-refractivity contribution in [1.29, 1.82) is 0 Å². The van der Waals surface area contributed by atoms with Crippen molar-refractivity contribution in [2.75, 3.05) is 6.61 Å². The predicted octanol–water partition coefficient (Wildman–Crippen LogP) is 1.54. The van der Waals surface area contributed by atoms with E-state index in [2.05, 4.69) is 4.98 Å². The highest BCUT2D eigenvalue weighted by Crippen LogP contribution is 2.21. The molecule has 1 rings (SSSR count). The van der Waals surface area contributed by atoms with Gasteiger partial charge in [0.25, 0.3) is 0 Å². The zero-order valence-corrected chi connectivity index (χ0v) is 8.55. The molecule has 0 bridgehead atoms. The summed E-state index contributed by atoms with van der Waals surface area (Å²) in [4.78, 5) is 3.84. The second-order valence-electron chi connectivity index (χ2n) is 2.52. The van der Waals surface area contributed by atoms with Gasteiger partial charge < -0.3 is 10.8 Å². The molecule has 0 fully saturated rings. The monoisotopic (exact) mass is 222 g/mol. The highest BCUT2D eigenvalue weighted by atomic mass is 35.5. The van der Waals surface area contributed by atoms with Crippen LogP contribution in [-0.2, 0) is 0 Å².